The number of aromatic nitrogens is 1. The van der Waals surface area contributed by atoms with Gasteiger partial charge < -0.3 is 10.2 Å². The van der Waals surface area contributed by atoms with Crippen LogP contribution in [-0.2, 0) is 0 Å². The molecule has 104 valence electrons. The van der Waals surface area contributed by atoms with Gasteiger partial charge in [-0.25, -0.2) is 9.37 Å². The predicted octanol–water partition coefficient (Wildman–Crippen LogP) is 2.96. The molecule has 3 nitrogen and oxygen atoms in total. The summed E-state index contributed by atoms with van der Waals surface area (Å²) in [4.78, 5) is 3.79. The number of rotatable bonds is 2. The Bertz CT molecular complexity index is 480. The second-order valence-corrected chi connectivity index (χ2v) is 6.45. The molecule has 2 aliphatic carbocycles. The third-order valence-electron chi connectivity index (χ3n) is 4.89. The Morgan fingerprint density at radius 2 is 1.95 bits per heavy atom. The lowest BCUT2D eigenvalue weighted by atomic mass is 9.70. The molecule has 2 unspecified atom stereocenters. The summed E-state index contributed by atoms with van der Waals surface area (Å²) in [7, 11) is 0. The molecule has 2 aliphatic rings. The number of aliphatic hydroxyl groups is 2. The second-order valence-electron chi connectivity index (χ2n) is 5.70. The van der Waals surface area contributed by atoms with Crippen LogP contribution in [0.15, 0.2) is 16.9 Å². The largest absolute Gasteiger partial charge is 0.386 e. The van der Waals surface area contributed by atoms with E-state index in [1.54, 1.807) is 0 Å². The zero-order valence-electron chi connectivity index (χ0n) is 10.5. The highest BCUT2D eigenvalue weighted by Gasteiger charge is 2.55. The zero-order valence-corrected chi connectivity index (χ0v) is 12.1. The van der Waals surface area contributed by atoms with Crippen LogP contribution in [0.25, 0.3) is 0 Å². The van der Waals surface area contributed by atoms with E-state index in [4.69, 9.17) is 0 Å². The lowest BCUT2D eigenvalue weighted by molar-refractivity contribution is -0.146. The number of hydrogen-bond donors (Lipinski definition) is 2. The van der Waals surface area contributed by atoms with Gasteiger partial charge in [0.1, 0.15) is 16.3 Å². The minimum atomic E-state index is -1.18. The molecule has 2 fully saturated rings. The summed E-state index contributed by atoms with van der Waals surface area (Å²) >= 11 is 3.02. The number of halogens is 2. The van der Waals surface area contributed by atoms with Gasteiger partial charge in [-0.1, -0.05) is 6.42 Å². The number of pyridine rings is 1. The first-order chi connectivity index (χ1) is 9.05. The average molecular weight is 330 g/mol. The Hall–Kier alpha value is -0.520. The first-order valence-electron chi connectivity index (χ1n) is 6.75. The highest BCUT2D eigenvalue weighted by molar-refractivity contribution is 9.10. The van der Waals surface area contributed by atoms with Crippen LogP contribution in [0.5, 0.6) is 0 Å². The second kappa shape index (κ2) is 4.79. The quantitative estimate of drug-likeness (QED) is 0.820. The van der Waals surface area contributed by atoms with Crippen LogP contribution in [0.4, 0.5) is 4.39 Å². The Balaban J connectivity index is 1.99. The van der Waals surface area contributed by atoms with E-state index < -0.39 is 17.5 Å². The standard InChI is InChI=1S/C14H17BrFNO2/c15-13-11(16)10(6-7-17-13)12(18)14(19)8-2-1-3-9(14)5-4-8/h6-9,12,18-19H,1-5H2/t8-,9+,12?,14?. The van der Waals surface area contributed by atoms with Crippen molar-refractivity contribution in [2.24, 2.45) is 11.8 Å². The maximum absolute atomic E-state index is 14.1. The van der Waals surface area contributed by atoms with E-state index in [0.29, 0.717) is 0 Å². The molecule has 2 bridgehead atoms. The third kappa shape index (κ3) is 1.94. The van der Waals surface area contributed by atoms with Gasteiger partial charge in [0.2, 0.25) is 0 Å². The van der Waals surface area contributed by atoms with Gasteiger partial charge in [0.25, 0.3) is 0 Å². The van der Waals surface area contributed by atoms with E-state index in [9.17, 15) is 14.6 Å². The molecular weight excluding hydrogens is 313 g/mol. The first-order valence-corrected chi connectivity index (χ1v) is 7.54. The van der Waals surface area contributed by atoms with Gasteiger partial charge in [0, 0.05) is 11.8 Å². The molecule has 0 aliphatic heterocycles. The van der Waals surface area contributed by atoms with Gasteiger partial charge in [0.05, 0.1) is 0 Å². The molecule has 0 saturated heterocycles. The Morgan fingerprint density at radius 3 is 2.58 bits per heavy atom. The van der Waals surface area contributed by atoms with Crippen molar-refractivity contribution in [1.82, 2.24) is 4.98 Å². The summed E-state index contributed by atoms with van der Waals surface area (Å²) in [5.41, 5.74) is -1.04. The minimum absolute atomic E-state index is 0.0765. The predicted molar refractivity (Wildman–Crippen MR) is 71.9 cm³/mol. The van der Waals surface area contributed by atoms with E-state index in [-0.39, 0.29) is 22.0 Å². The van der Waals surface area contributed by atoms with E-state index in [1.165, 1.54) is 12.3 Å². The van der Waals surface area contributed by atoms with Crippen LogP contribution < -0.4 is 0 Å². The van der Waals surface area contributed by atoms with Crippen LogP contribution in [0, 0.1) is 17.7 Å². The Labute approximate surface area is 120 Å². The highest BCUT2D eigenvalue weighted by atomic mass is 79.9. The molecule has 0 spiro atoms. The molecule has 1 heterocycles. The summed E-state index contributed by atoms with van der Waals surface area (Å²) in [5.74, 6) is -0.423. The molecule has 0 aromatic carbocycles. The van der Waals surface area contributed by atoms with Gasteiger partial charge in [-0.3, -0.25) is 0 Å². The summed E-state index contributed by atoms with van der Waals surface area (Å²) in [6.45, 7) is 0. The van der Waals surface area contributed by atoms with Gasteiger partial charge in [-0.05, 0) is 59.5 Å². The van der Waals surface area contributed by atoms with Crippen LogP contribution in [0.3, 0.4) is 0 Å². The maximum Gasteiger partial charge on any atom is 0.161 e. The van der Waals surface area contributed by atoms with Crippen molar-refractivity contribution in [1.29, 1.82) is 0 Å². The van der Waals surface area contributed by atoms with E-state index in [2.05, 4.69) is 20.9 Å². The minimum Gasteiger partial charge on any atom is -0.386 e. The van der Waals surface area contributed by atoms with Gasteiger partial charge >= 0.3 is 0 Å². The lowest BCUT2D eigenvalue weighted by Gasteiger charge is -2.43. The molecule has 5 heteroatoms. The van der Waals surface area contributed by atoms with Gasteiger partial charge in [0.15, 0.2) is 5.82 Å². The van der Waals surface area contributed by atoms with Crippen LogP contribution >= 0.6 is 15.9 Å². The van der Waals surface area contributed by atoms with E-state index in [1.807, 2.05) is 0 Å². The summed E-state index contributed by atoms with van der Waals surface area (Å²) in [6.07, 6.45) is 5.03. The van der Waals surface area contributed by atoms with Crippen molar-refractivity contribution < 1.29 is 14.6 Å². The molecule has 2 saturated carbocycles. The highest BCUT2D eigenvalue weighted by Crippen LogP contribution is 2.55. The summed E-state index contributed by atoms with van der Waals surface area (Å²) < 4.78 is 14.2. The molecule has 4 atom stereocenters. The summed E-state index contributed by atoms with van der Waals surface area (Å²) in [6, 6.07) is 1.46. The fourth-order valence-electron chi connectivity index (χ4n) is 3.90. The molecule has 1 aromatic rings. The van der Waals surface area contributed by atoms with Crippen molar-refractivity contribution >= 4 is 15.9 Å². The third-order valence-corrected chi connectivity index (χ3v) is 5.44. The zero-order chi connectivity index (χ0) is 13.6. The van der Waals surface area contributed by atoms with Crippen molar-refractivity contribution in [3.05, 3.63) is 28.2 Å². The molecule has 1 aromatic heterocycles. The number of nitrogens with zero attached hydrogens (tertiary/aromatic N) is 1. The molecule has 19 heavy (non-hydrogen) atoms. The van der Waals surface area contributed by atoms with Gasteiger partial charge in [-0.2, -0.15) is 0 Å². The number of fused-ring (bicyclic) bond motifs is 2. The van der Waals surface area contributed by atoms with E-state index >= 15 is 0 Å². The molecule has 0 amide bonds. The van der Waals surface area contributed by atoms with Crippen LogP contribution in [0.2, 0.25) is 0 Å². The van der Waals surface area contributed by atoms with Crippen LogP contribution in [0.1, 0.15) is 43.8 Å². The topological polar surface area (TPSA) is 53.4 Å². The Morgan fingerprint density at radius 1 is 1.32 bits per heavy atom. The number of hydrogen-bond acceptors (Lipinski definition) is 3. The molecular formula is C14H17BrFNO2. The first kappa shape index (κ1) is 13.5. The smallest absolute Gasteiger partial charge is 0.161 e. The van der Waals surface area contributed by atoms with Crippen molar-refractivity contribution in [3.8, 4) is 0 Å². The molecule has 0 radical (unpaired) electrons. The fraction of sp³-hybridized carbons (Fsp3) is 0.643. The lowest BCUT2D eigenvalue weighted by Crippen LogP contribution is -2.48. The van der Waals surface area contributed by atoms with E-state index in [0.717, 1.165) is 32.1 Å². The van der Waals surface area contributed by atoms with Gasteiger partial charge in [-0.15, -0.1) is 0 Å². The Kier molecular flexibility index (Phi) is 3.39. The van der Waals surface area contributed by atoms with Crippen molar-refractivity contribution in [2.45, 2.75) is 43.8 Å². The van der Waals surface area contributed by atoms with Crippen LogP contribution in [-0.4, -0.2) is 20.8 Å². The monoisotopic (exact) mass is 329 g/mol. The fourth-order valence-corrected chi connectivity index (χ4v) is 4.25. The maximum atomic E-state index is 14.1. The summed E-state index contributed by atoms with van der Waals surface area (Å²) in [5, 5.41) is 21.5. The number of aliphatic hydroxyl groups excluding tert-OH is 1. The van der Waals surface area contributed by atoms with Crippen molar-refractivity contribution in [2.75, 3.05) is 0 Å². The van der Waals surface area contributed by atoms with Crippen molar-refractivity contribution in [3.63, 3.8) is 0 Å². The molecule has 3 rings (SSSR count). The SMILES string of the molecule is OC(c1ccnc(Br)c1F)C1(O)[C@@H]2CCC[C@H]1CC2. The normalized spacial score (nSPS) is 35.4. The average Bonchev–Trinajstić information content (AvgIpc) is 2.60. The molecule has 2 N–H and O–H groups in total.